The SMILES string of the molecule is Cc1ccc(N(c2ccccc2)c2ccc3cc4c(cc3c2)oc2cc3c(cc24)oc2cc4cc(N(c5ccccc5)c5ccc([Si](C)(C)C)cc5)ccc4cc23)cc1. The molecule has 0 aliphatic rings. The van der Waals surface area contributed by atoms with Crippen LogP contribution in [-0.2, 0) is 0 Å². The van der Waals surface area contributed by atoms with Gasteiger partial charge in [0.25, 0.3) is 0 Å². The van der Waals surface area contributed by atoms with Crippen molar-refractivity contribution < 1.29 is 8.83 Å². The fourth-order valence-electron chi connectivity index (χ4n) is 8.64. The summed E-state index contributed by atoms with van der Waals surface area (Å²) in [5.41, 5.74) is 11.4. The van der Waals surface area contributed by atoms with Gasteiger partial charge in [-0.1, -0.05) is 103 Å². The largest absolute Gasteiger partial charge is 0.456 e. The average Bonchev–Trinajstić information content (AvgIpc) is 3.78. The molecule has 0 aliphatic carbocycles. The molecular weight excluding hydrogens is 737 g/mol. The lowest BCUT2D eigenvalue weighted by molar-refractivity contribution is 0.664. The van der Waals surface area contributed by atoms with Crippen LogP contribution in [0.1, 0.15) is 5.56 Å². The highest BCUT2D eigenvalue weighted by atomic mass is 28.3. The zero-order valence-corrected chi connectivity index (χ0v) is 34.5. The lowest BCUT2D eigenvalue weighted by Crippen LogP contribution is -2.37. The number of anilines is 6. The van der Waals surface area contributed by atoms with Crippen LogP contribution in [0.3, 0.4) is 0 Å². The molecule has 0 aliphatic heterocycles. The normalized spacial score (nSPS) is 12.1. The number of benzene rings is 9. The van der Waals surface area contributed by atoms with Gasteiger partial charge < -0.3 is 18.6 Å². The topological polar surface area (TPSA) is 32.8 Å². The number of nitrogens with zero attached hydrogens (tertiary/aromatic N) is 2. The molecule has 0 spiro atoms. The number of hydrogen-bond donors (Lipinski definition) is 0. The smallest absolute Gasteiger partial charge is 0.136 e. The van der Waals surface area contributed by atoms with E-state index >= 15 is 0 Å². The molecule has 284 valence electrons. The summed E-state index contributed by atoms with van der Waals surface area (Å²) in [5, 5.41) is 10.3. The molecule has 2 aromatic heterocycles. The monoisotopic (exact) mass is 778 g/mol. The van der Waals surface area contributed by atoms with Crippen LogP contribution in [0.25, 0.3) is 65.4 Å². The highest BCUT2D eigenvalue weighted by molar-refractivity contribution is 6.88. The summed E-state index contributed by atoms with van der Waals surface area (Å²) in [6.07, 6.45) is 0. The van der Waals surface area contributed by atoms with Crippen LogP contribution in [0.15, 0.2) is 191 Å². The third-order valence-corrected chi connectivity index (χ3v) is 13.8. The van der Waals surface area contributed by atoms with Crippen LogP contribution in [0, 0.1) is 6.92 Å². The third kappa shape index (κ3) is 6.14. The zero-order valence-electron chi connectivity index (χ0n) is 33.5. The predicted molar refractivity (Wildman–Crippen MR) is 253 cm³/mol. The second-order valence-corrected chi connectivity index (χ2v) is 21.9. The van der Waals surface area contributed by atoms with Crippen molar-refractivity contribution in [3.05, 3.63) is 188 Å². The quantitative estimate of drug-likeness (QED) is 0.151. The maximum atomic E-state index is 6.67. The summed E-state index contributed by atoms with van der Waals surface area (Å²) in [6.45, 7) is 9.30. The Kier molecular flexibility index (Phi) is 8.04. The molecule has 0 atom stereocenters. The molecule has 0 unspecified atom stereocenters. The molecule has 0 radical (unpaired) electrons. The molecule has 5 heteroatoms. The van der Waals surface area contributed by atoms with Gasteiger partial charge in [0.1, 0.15) is 22.3 Å². The van der Waals surface area contributed by atoms with Gasteiger partial charge in [-0.3, -0.25) is 0 Å². The van der Waals surface area contributed by atoms with E-state index in [9.17, 15) is 0 Å². The first-order chi connectivity index (χ1) is 28.7. The van der Waals surface area contributed by atoms with Crippen molar-refractivity contribution in [2.45, 2.75) is 26.6 Å². The van der Waals surface area contributed by atoms with Crippen LogP contribution >= 0.6 is 0 Å². The summed E-state index contributed by atoms with van der Waals surface area (Å²) in [4.78, 5) is 4.64. The molecule has 9 aromatic carbocycles. The van der Waals surface area contributed by atoms with Crippen molar-refractivity contribution >= 4 is 113 Å². The molecule has 59 heavy (non-hydrogen) atoms. The molecule has 0 bridgehead atoms. The van der Waals surface area contributed by atoms with Crippen molar-refractivity contribution in [3.63, 3.8) is 0 Å². The molecule has 0 saturated heterocycles. The lowest BCUT2D eigenvalue weighted by atomic mass is 10.0. The number of hydrogen-bond acceptors (Lipinski definition) is 4. The van der Waals surface area contributed by atoms with Crippen LogP contribution in [0.5, 0.6) is 0 Å². The van der Waals surface area contributed by atoms with Crippen molar-refractivity contribution in [1.82, 2.24) is 0 Å². The molecule has 0 amide bonds. The summed E-state index contributed by atoms with van der Waals surface area (Å²) in [5.74, 6) is 0. The minimum atomic E-state index is -1.43. The molecule has 0 fully saturated rings. The van der Waals surface area contributed by atoms with E-state index in [4.69, 9.17) is 8.83 Å². The Bertz CT molecular complexity index is 3360. The first-order valence-corrected chi connectivity index (χ1v) is 23.8. The maximum absolute atomic E-state index is 6.67. The molecule has 0 saturated carbocycles. The van der Waals surface area contributed by atoms with Gasteiger partial charge in [-0.2, -0.15) is 0 Å². The van der Waals surface area contributed by atoms with Crippen LogP contribution in [-0.4, -0.2) is 8.07 Å². The second kappa shape index (κ2) is 13.5. The zero-order chi connectivity index (χ0) is 39.8. The van der Waals surface area contributed by atoms with E-state index in [1.54, 1.807) is 0 Å². The number of rotatable bonds is 7. The fraction of sp³-hybridized carbons (Fsp3) is 0.0741. The Morgan fingerprint density at radius 1 is 0.339 bits per heavy atom. The number of furan rings is 2. The first kappa shape index (κ1) is 35.1. The summed E-state index contributed by atoms with van der Waals surface area (Å²) < 4.78 is 13.3. The maximum Gasteiger partial charge on any atom is 0.136 e. The predicted octanol–water partition coefficient (Wildman–Crippen LogP) is 15.6. The number of fused-ring (bicyclic) bond motifs is 8. The Hall–Kier alpha value is -7.08. The van der Waals surface area contributed by atoms with Gasteiger partial charge in [0.05, 0.1) is 8.07 Å². The van der Waals surface area contributed by atoms with Gasteiger partial charge in [-0.05, 0) is 138 Å². The number of para-hydroxylation sites is 2. The van der Waals surface area contributed by atoms with E-state index in [1.165, 1.54) is 10.8 Å². The van der Waals surface area contributed by atoms with Crippen LogP contribution in [0.4, 0.5) is 34.1 Å². The Morgan fingerprint density at radius 3 is 1.15 bits per heavy atom. The second-order valence-electron chi connectivity index (χ2n) is 16.8. The van der Waals surface area contributed by atoms with Gasteiger partial charge in [0.2, 0.25) is 0 Å². The molecule has 0 N–H and O–H groups in total. The minimum absolute atomic E-state index is 0.852. The molecular formula is C54H42N2O2Si. The average molecular weight is 779 g/mol. The first-order valence-electron chi connectivity index (χ1n) is 20.3. The van der Waals surface area contributed by atoms with Crippen molar-refractivity contribution in [1.29, 1.82) is 0 Å². The van der Waals surface area contributed by atoms with Crippen molar-refractivity contribution in [2.24, 2.45) is 0 Å². The molecule has 11 aromatic rings. The van der Waals surface area contributed by atoms with E-state index in [0.29, 0.717) is 0 Å². The van der Waals surface area contributed by atoms with Crippen molar-refractivity contribution in [2.75, 3.05) is 9.80 Å². The summed E-state index contributed by atoms with van der Waals surface area (Å²) in [6, 6.07) is 65.6. The van der Waals surface area contributed by atoms with E-state index in [0.717, 1.165) is 99.5 Å². The summed E-state index contributed by atoms with van der Waals surface area (Å²) >= 11 is 0. The van der Waals surface area contributed by atoms with E-state index in [2.05, 4.69) is 218 Å². The lowest BCUT2D eigenvalue weighted by Gasteiger charge is -2.27. The Labute approximate surface area is 344 Å². The van der Waals surface area contributed by atoms with Crippen LogP contribution < -0.4 is 15.0 Å². The molecule has 2 heterocycles. The van der Waals surface area contributed by atoms with E-state index < -0.39 is 8.07 Å². The minimum Gasteiger partial charge on any atom is -0.456 e. The fourth-order valence-corrected chi connectivity index (χ4v) is 9.80. The number of aryl methyl sites for hydroxylation is 1. The van der Waals surface area contributed by atoms with Gasteiger partial charge in [0.15, 0.2) is 0 Å². The summed E-state index contributed by atoms with van der Waals surface area (Å²) in [7, 11) is -1.43. The van der Waals surface area contributed by atoms with Crippen molar-refractivity contribution in [3.8, 4) is 0 Å². The van der Waals surface area contributed by atoms with Gasteiger partial charge in [-0.25, -0.2) is 0 Å². The molecule has 11 rings (SSSR count). The van der Waals surface area contributed by atoms with Crippen LogP contribution in [0.2, 0.25) is 19.6 Å². The van der Waals surface area contributed by atoms with Gasteiger partial charge in [0, 0.05) is 55.7 Å². The van der Waals surface area contributed by atoms with Gasteiger partial charge in [-0.15, -0.1) is 0 Å². The van der Waals surface area contributed by atoms with E-state index in [-0.39, 0.29) is 0 Å². The standard InChI is InChI=1S/C54H42N2O2Si/c1-35-15-19-42(20-16-35)55(40-11-7-5-8-12-40)44-21-17-36-29-47-49-33-54-50(34-53(49)57-51(47)31-38(36)27-44)48-30-37-18-22-45(28-39(37)32-52(48)58-54)56(41-13-9-6-10-14-41)43-23-25-46(26-24-43)59(2,3)4/h5-34H,1-4H3. The molecule has 4 nitrogen and oxygen atoms in total. The third-order valence-electron chi connectivity index (χ3n) is 11.8. The highest BCUT2D eigenvalue weighted by Gasteiger charge is 2.20. The van der Waals surface area contributed by atoms with E-state index in [1.807, 2.05) is 0 Å². The Balaban J connectivity index is 0.989. The van der Waals surface area contributed by atoms with Gasteiger partial charge >= 0.3 is 0 Å². The Morgan fingerprint density at radius 2 is 0.712 bits per heavy atom. The highest BCUT2D eigenvalue weighted by Crippen LogP contribution is 2.42.